The van der Waals surface area contributed by atoms with Crippen LogP contribution >= 0.6 is 21.6 Å². The Labute approximate surface area is 243 Å². The maximum Gasteiger partial charge on any atom is 0.168 e. The molecule has 3 aromatic rings. The highest BCUT2D eigenvalue weighted by atomic mass is 33.1. The topological polar surface area (TPSA) is 14.4 Å². The lowest BCUT2D eigenvalue weighted by molar-refractivity contribution is -0.412. The summed E-state index contributed by atoms with van der Waals surface area (Å²) >= 11 is 0. The van der Waals surface area contributed by atoms with Gasteiger partial charge in [0.05, 0.1) is 0 Å². The number of allylic oxidation sites excluding steroid dienone is 3. The fourth-order valence-electron chi connectivity index (χ4n) is 3.70. The summed E-state index contributed by atoms with van der Waals surface area (Å²) in [5, 5.41) is 0. The van der Waals surface area contributed by atoms with E-state index in [0.29, 0.717) is 0 Å². The van der Waals surface area contributed by atoms with E-state index < -0.39 is 0 Å². The van der Waals surface area contributed by atoms with Gasteiger partial charge in [-0.1, -0.05) is 76.7 Å². The summed E-state index contributed by atoms with van der Waals surface area (Å²) in [5.41, 5.74) is 7.02. The van der Waals surface area contributed by atoms with E-state index in [1.54, 1.807) is 4.58 Å². The first-order valence-corrected chi connectivity index (χ1v) is 15.5. The molecule has 2 aromatic carbocycles. The van der Waals surface area contributed by atoms with Gasteiger partial charge < -0.3 is 14.4 Å². The molecule has 0 aliphatic carbocycles. The predicted octanol–water partition coefficient (Wildman–Crippen LogP) is 7.58. The summed E-state index contributed by atoms with van der Waals surface area (Å²) < 4.78 is 3.82. The molecule has 3 rings (SSSR count). The number of rotatable bonds is 15. The molecule has 39 heavy (non-hydrogen) atoms. The third kappa shape index (κ3) is 11.1. The van der Waals surface area contributed by atoms with Gasteiger partial charge >= 0.3 is 0 Å². The van der Waals surface area contributed by atoms with Crippen LogP contribution in [0.15, 0.2) is 97.5 Å². The fraction of sp³-hybridized carbons (Fsp3) is 0.242. The van der Waals surface area contributed by atoms with Crippen molar-refractivity contribution in [3.63, 3.8) is 0 Å². The Morgan fingerprint density at radius 3 is 1.79 bits per heavy atom. The molecule has 0 aliphatic rings. The van der Waals surface area contributed by atoms with Crippen LogP contribution in [0.25, 0.3) is 18.2 Å². The molecule has 0 radical (unpaired) electrons. The molecule has 0 saturated carbocycles. The van der Waals surface area contributed by atoms with Gasteiger partial charge in [0.2, 0.25) is 0 Å². The van der Waals surface area contributed by atoms with E-state index in [2.05, 4.69) is 127 Å². The first-order chi connectivity index (χ1) is 18.8. The lowest BCUT2D eigenvalue weighted by Crippen LogP contribution is -2.21. The van der Waals surface area contributed by atoms with Crippen LogP contribution in [-0.2, 0) is 7.05 Å². The normalized spacial score (nSPS) is 11.6. The van der Waals surface area contributed by atoms with Crippen molar-refractivity contribution in [2.45, 2.75) is 0 Å². The quantitative estimate of drug-likeness (QED) is 0.0629. The van der Waals surface area contributed by atoms with Crippen LogP contribution < -0.4 is 9.80 Å². The van der Waals surface area contributed by atoms with Crippen LogP contribution in [0.2, 0.25) is 0 Å². The van der Waals surface area contributed by atoms with E-state index in [1.807, 2.05) is 54.0 Å². The highest BCUT2D eigenvalue weighted by molar-refractivity contribution is 8.76. The van der Waals surface area contributed by atoms with Crippen LogP contribution in [0.5, 0.6) is 0 Å². The van der Waals surface area contributed by atoms with Gasteiger partial charge in [0, 0.05) is 75.6 Å². The molecule has 204 valence electrons. The van der Waals surface area contributed by atoms with Gasteiger partial charge in [0.15, 0.2) is 6.20 Å². The molecule has 6 heteroatoms. The average molecular weight is 558 g/mol. The molecule has 0 saturated heterocycles. The fourth-order valence-corrected chi connectivity index (χ4v) is 5.79. The molecular formula is C33H41N4S2+. The van der Waals surface area contributed by atoms with Gasteiger partial charge in [0.25, 0.3) is 0 Å². The van der Waals surface area contributed by atoms with Crippen LogP contribution in [0.3, 0.4) is 0 Å². The number of aryl methyl sites for hydroxylation is 1. The number of hydrogen-bond acceptors (Lipinski definition) is 4. The standard InChI is InChI=1S/C33H41N4S2/c1-28(19-21-34(2)3)7-8-29-11-15-32(16-12-29)36(5)23-25-38-39-26-24-37(6)33-17-13-30(14-18-33)9-10-31-20-22-35(4)27-31/h7-22,27H,1-2,23-26H2,3-6H3/q+1/b8-7+,10-9+,21-19-. The van der Waals surface area contributed by atoms with E-state index in [4.69, 9.17) is 0 Å². The van der Waals surface area contributed by atoms with Gasteiger partial charge in [-0.3, -0.25) is 0 Å². The summed E-state index contributed by atoms with van der Waals surface area (Å²) in [6.07, 6.45) is 16.4. The second-order valence-corrected chi connectivity index (χ2v) is 12.3. The lowest BCUT2D eigenvalue weighted by atomic mass is 10.1. The van der Waals surface area contributed by atoms with Crippen LogP contribution in [0, 0.1) is 0 Å². The summed E-state index contributed by atoms with van der Waals surface area (Å²) in [6.45, 7) is 9.87. The third-order valence-electron chi connectivity index (χ3n) is 6.13. The SMILES string of the molecule is C=C(/C=C\[N+](=C)C)/C=C/c1ccc(N(C)CCSSCCN(C)c2ccc(/C=C/c3ccn(C)c3)cc2)cc1. The molecule has 0 spiro atoms. The van der Waals surface area contributed by atoms with Gasteiger partial charge in [-0.25, -0.2) is 4.58 Å². The van der Waals surface area contributed by atoms with E-state index in [-0.39, 0.29) is 0 Å². The molecule has 0 aliphatic heterocycles. The zero-order valence-electron chi connectivity index (χ0n) is 23.7. The van der Waals surface area contributed by atoms with E-state index >= 15 is 0 Å². The molecule has 0 unspecified atom stereocenters. The maximum atomic E-state index is 4.04. The van der Waals surface area contributed by atoms with Crippen LogP contribution in [-0.4, -0.2) is 61.6 Å². The highest BCUT2D eigenvalue weighted by Crippen LogP contribution is 2.24. The van der Waals surface area contributed by atoms with Gasteiger partial charge in [-0.2, -0.15) is 0 Å². The summed E-state index contributed by atoms with van der Waals surface area (Å²) in [7, 11) is 12.2. The molecule has 0 atom stereocenters. The number of benzene rings is 2. The maximum absolute atomic E-state index is 4.04. The molecule has 0 bridgehead atoms. The first kappa shape index (κ1) is 30.2. The van der Waals surface area contributed by atoms with Crippen molar-refractivity contribution in [3.8, 4) is 0 Å². The Balaban J connectivity index is 1.32. The van der Waals surface area contributed by atoms with Crippen molar-refractivity contribution in [1.82, 2.24) is 4.57 Å². The van der Waals surface area contributed by atoms with E-state index in [9.17, 15) is 0 Å². The molecule has 0 N–H and O–H groups in total. The Kier molecular flexibility index (Phi) is 12.3. The van der Waals surface area contributed by atoms with Crippen molar-refractivity contribution in [3.05, 3.63) is 114 Å². The van der Waals surface area contributed by atoms with Crippen molar-refractivity contribution >= 4 is 57.9 Å². The monoisotopic (exact) mass is 557 g/mol. The number of aromatic nitrogens is 1. The molecule has 1 aromatic heterocycles. The summed E-state index contributed by atoms with van der Waals surface area (Å²) in [4.78, 5) is 4.64. The first-order valence-electron chi connectivity index (χ1n) is 13.1. The summed E-state index contributed by atoms with van der Waals surface area (Å²) in [6, 6.07) is 19.5. The second kappa shape index (κ2) is 15.9. The molecule has 0 fully saturated rings. The predicted molar refractivity (Wildman–Crippen MR) is 179 cm³/mol. The van der Waals surface area contributed by atoms with Crippen molar-refractivity contribution in [2.75, 3.05) is 55.5 Å². The Bertz CT molecular complexity index is 1280. The molecule has 1 heterocycles. The van der Waals surface area contributed by atoms with Crippen LogP contribution in [0.1, 0.15) is 16.7 Å². The molecular weight excluding hydrogens is 517 g/mol. The number of anilines is 2. The third-order valence-corrected chi connectivity index (χ3v) is 8.49. The Hall–Kier alpha value is -3.35. The smallest absolute Gasteiger partial charge is 0.168 e. The molecule has 0 amide bonds. The Morgan fingerprint density at radius 2 is 1.31 bits per heavy atom. The van der Waals surface area contributed by atoms with Gasteiger partial charge in [0.1, 0.15) is 13.8 Å². The minimum Gasteiger partial charge on any atom is -0.374 e. The zero-order chi connectivity index (χ0) is 28.0. The zero-order valence-corrected chi connectivity index (χ0v) is 25.3. The van der Waals surface area contributed by atoms with E-state index in [0.717, 1.165) is 35.7 Å². The van der Waals surface area contributed by atoms with Crippen molar-refractivity contribution in [1.29, 1.82) is 0 Å². The van der Waals surface area contributed by atoms with Crippen LogP contribution in [0.4, 0.5) is 11.4 Å². The van der Waals surface area contributed by atoms with Crippen molar-refractivity contribution < 1.29 is 4.58 Å². The van der Waals surface area contributed by atoms with Crippen molar-refractivity contribution in [2.24, 2.45) is 7.05 Å². The van der Waals surface area contributed by atoms with E-state index in [1.165, 1.54) is 22.5 Å². The second-order valence-electron chi connectivity index (χ2n) is 9.59. The van der Waals surface area contributed by atoms with Gasteiger partial charge in [-0.05, 0) is 52.6 Å². The number of nitrogens with zero attached hydrogens (tertiary/aromatic N) is 4. The molecule has 4 nitrogen and oxygen atoms in total. The number of hydrogen-bond donors (Lipinski definition) is 0. The minimum atomic E-state index is 0.942. The summed E-state index contributed by atoms with van der Waals surface area (Å²) in [5.74, 6) is 2.18. The highest BCUT2D eigenvalue weighted by Gasteiger charge is 2.03. The van der Waals surface area contributed by atoms with Gasteiger partial charge in [-0.15, -0.1) is 0 Å². The largest absolute Gasteiger partial charge is 0.374 e. The minimum absolute atomic E-state index is 0.942. The Morgan fingerprint density at radius 1 is 0.795 bits per heavy atom. The average Bonchev–Trinajstić information content (AvgIpc) is 3.36. The lowest BCUT2D eigenvalue weighted by Gasteiger charge is -2.20.